The average molecular weight is 252 g/mol. The first-order chi connectivity index (χ1) is 8.62. The molecule has 18 heavy (non-hydrogen) atoms. The number of aliphatic hydroxyl groups is 1. The third-order valence-corrected chi connectivity index (χ3v) is 3.04. The van der Waals surface area contributed by atoms with Gasteiger partial charge in [-0.3, -0.25) is 10.1 Å². The molecule has 0 amide bonds. The van der Waals surface area contributed by atoms with E-state index in [1.54, 1.807) is 12.1 Å². The first-order valence-electron chi connectivity index (χ1n) is 6.23. The number of nitrogens with zero attached hydrogens (tertiary/aromatic N) is 1. The Morgan fingerprint density at radius 3 is 2.61 bits per heavy atom. The van der Waals surface area contributed by atoms with E-state index in [1.165, 1.54) is 6.07 Å². The number of nitro benzene ring substituents is 1. The number of non-ortho nitro benzene ring substituents is 1. The molecule has 0 aromatic heterocycles. The third kappa shape index (κ3) is 3.78. The molecule has 2 N–H and O–H groups in total. The van der Waals surface area contributed by atoms with Gasteiger partial charge >= 0.3 is 0 Å². The zero-order chi connectivity index (χ0) is 13.5. The highest BCUT2D eigenvalue weighted by molar-refractivity contribution is 5.35. The van der Waals surface area contributed by atoms with Crippen molar-refractivity contribution in [3.63, 3.8) is 0 Å². The number of nitrogens with one attached hydrogen (secondary N) is 1. The first-order valence-corrected chi connectivity index (χ1v) is 6.23. The van der Waals surface area contributed by atoms with Crippen LogP contribution in [0.5, 0.6) is 0 Å². The molecular formula is C13H20N2O3. The van der Waals surface area contributed by atoms with Gasteiger partial charge < -0.3 is 10.4 Å². The van der Waals surface area contributed by atoms with Gasteiger partial charge in [-0.05, 0) is 18.4 Å². The molecule has 100 valence electrons. The van der Waals surface area contributed by atoms with Crippen LogP contribution in [0.3, 0.4) is 0 Å². The molecule has 0 aliphatic rings. The van der Waals surface area contributed by atoms with E-state index in [4.69, 9.17) is 0 Å². The van der Waals surface area contributed by atoms with Crippen LogP contribution >= 0.6 is 0 Å². The summed E-state index contributed by atoms with van der Waals surface area (Å²) in [4.78, 5) is 10.4. The molecule has 1 aromatic carbocycles. The molecule has 1 rings (SSSR count). The van der Waals surface area contributed by atoms with Crippen LogP contribution in [0.2, 0.25) is 0 Å². The zero-order valence-electron chi connectivity index (χ0n) is 10.8. The molecule has 0 fully saturated rings. The van der Waals surface area contributed by atoms with Gasteiger partial charge in [0.1, 0.15) is 0 Å². The quantitative estimate of drug-likeness (QED) is 0.577. The van der Waals surface area contributed by atoms with E-state index in [1.807, 2.05) is 19.9 Å². The summed E-state index contributed by atoms with van der Waals surface area (Å²) in [7, 11) is 0. The average Bonchev–Trinajstić information content (AvgIpc) is 2.40. The molecule has 0 radical (unpaired) electrons. The Balaban J connectivity index is 2.87. The number of benzene rings is 1. The van der Waals surface area contributed by atoms with Crippen LogP contribution in [0.1, 0.15) is 38.3 Å². The van der Waals surface area contributed by atoms with Crippen LogP contribution in [-0.2, 0) is 0 Å². The van der Waals surface area contributed by atoms with E-state index in [2.05, 4.69) is 5.32 Å². The number of aliphatic hydroxyl groups excluding tert-OH is 1. The third-order valence-electron chi connectivity index (χ3n) is 3.04. The lowest BCUT2D eigenvalue weighted by Gasteiger charge is -2.23. The molecule has 0 heterocycles. The molecule has 5 heteroatoms. The van der Waals surface area contributed by atoms with Crippen LogP contribution in [0.15, 0.2) is 24.3 Å². The highest BCUT2D eigenvalue weighted by Gasteiger charge is 2.16. The molecule has 0 aliphatic carbocycles. The predicted octanol–water partition coefficient (Wildman–Crippen LogP) is 2.41. The van der Waals surface area contributed by atoms with Crippen LogP contribution in [-0.4, -0.2) is 22.7 Å². The second-order valence-corrected chi connectivity index (χ2v) is 4.27. The van der Waals surface area contributed by atoms with Crippen LogP contribution in [0.25, 0.3) is 0 Å². The molecule has 0 aliphatic heterocycles. The van der Waals surface area contributed by atoms with Gasteiger partial charge in [0, 0.05) is 24.2 Å². The maximum atomic E-state index is 10.7. The summed E-state index contributed by atoms with van der Waals surface area (Å²) >= 11 is 0. The second-order valence-electron chi connectivity index (χ2n) is 4.27. The lowest BCUT2D eigenvalue weighted by atomic mass is 10.0. The standard InChI is InChI=1S/C13H20N2O3/c1-3-11(9-16)14-13(4-2)10-6-5-7-12(8-10)15(17)18/h5-8,11,13-14,16H,3-4,9H2,1-2H3/t11-,13?/m0/s1. The first kappa shape index (κ1) is 14.6. The van der Waals surface area contributed by atoms with E-state index in [9.17, 15) is 15.2 Å². The lowest BCUT2D eigenvalue weighted by molar-refractivity contribution is -0.384. The van der Waals surface area contributed by atoms with Crippen molar-refractivity contribution in [1.82, 2.24) is 5.32 Å². The van der Waals surface area contributed by atoms with Crippen molar-refractivity contribution in [2.24, 2.45) is 0 Å². The van der Waals surface area contributed by atoms with Crippen molar-refractivity contribution in [3.8, 4) is 0 Å². The minimum absolute atomic E-state index is 0.0224. The summed E-state index contributed by atoms with van der Waals surface area (Å²) in [6.45, 7) is 4.08. The van der Waals surface area contributed by atoms with Gasteiger partial charge in [0.2, 0.25) is 0 Å². The van der Waals surface area contributed by atoms with Crippen molar-refractivity contribution in [3.05, 3.63) is 39.9 Å². The van der Waals surface area contributed by atoms with Gasteiger partial charge in [-0.2, -0.15) is 0 Å². The maximum Gasteiger partial charge on any atom is 0.269 e. The molecule has 0 spiro atoms. The van der Waals surface area contributed by atoms with Gasteiger partial charge in [-0.1, -0.05) is 26.0 Å². The van der Waals surface area contributed by atoms with Gasteiger partial charge in [-0.25, -0.2) is 0 Å². The SMILES string of the molecule is CCC(N[C@@H](CC)CO)c1cccc([N+](=O)[O-])c1. The fraction of sp³-hybridized carbons (Fsp3) is 0.538. The predicted molar refractivity (Wildman–Crippen MR) is 70.4 cm³/mol. The van der Waals surface area contributed by atoms with Crippen molar-refractivity contribution >= 4 is 5.69 Å². The Bertz CT molecular complexity index is 392. The van der Waals surface area contributed by atoms with E-state index >= 15 is 0 Å². The van der Waals surface area contributed by atoms with Crippen LogP contribution in [0.4, 0.5) is 5.69 Å². The van der Waals surface area contributed by atoms with Gasteiger partial charge in [-0.15, -0.1) is 0 Å². The minimum atomic E-state index is -0.389. The number of hydrogen-bond donors (Lipinski definition) is 2. The Labute approximate surface area is 107 Å². The molecule has 0 bridgehead atoms. The van der Waals surface area contributed by atoms with Crippen molar-refractivity contribution in [2.75, 3.05) is 6.61 Å². The Morgan fingerprint density at radius 1 is 1.39 bits per heavy atom. The Hall–Kier alpha value is -1.46. The van der Waals surface area contributed by atoms with Crippen molar-refractivity contribution in [1.29, 1.82) is 0 Å². The monoisotopic (exact) mass is 252 g/mol. The number of hydrogen-bond acceptors (Lipinski definition) is 4. The molecule has 0 saturated carbocycles. The van der Waals surface area contributed by atoms with Gasteiger partial charge in [0.15, 0.2) is 0 Å². The highest BCUT2D eigenvalue weighted by Crippen LogP contribution is 2.22. The van der Waals surface area contributed by atoms with Crippen LogP contribution < -0.4 is 5.32 Å². The Kier molecular flexibility index (Phi) is 5.74. The van der Waals surface area contributed by atoms with Crippen LogP contribution in [0, 0.1) is 10.1 Å². The zero-order valence-corrected chi connectivity index (χ0v) is 10.8. The van der Waals surface area contributed by atoms with Gasteiger partial charge in [0.25, 0.3) is 5.69 Å². The molecular weight excluding hydrogens is 232 g/mol. The molecule has 0 saturated heterocycles. The summed E-state index contributed by atoms with van der Waals surface area (Å²) in [5.74, 6) is 0. The molecule has 2 atom stereocenters. The summed E-state index contributed by atoms with van der Waals surface area (Å²) < 4.78 is 0. The molecule has 1 aromatic rings. The second kappa shape index (κ2) is 7.08. The maximum absolute atomic E-state index is 10.7. The van der Waals surface area contributed by atoms with E-state index in [-0.39, 0.29) is 29.3 Å². The lowest BCUT2D eigenvalue weighted by Crippen LogP contribution is -2.34. The minimum Gasteiger partial charge on any atom is -0.395 e. The largest absolute Gasteiger partial charge is 0.395 e. The molecule has 5 nitrogen and oxygen atoms in total. The van der Waals surface area contributed by atoms with E-state index < -0.39 is 0 Å². The Morgan fingerprint density at radius 2 is 2.11 bits per heavy atom. The summed E-state index contributed by atoms with van der Waals surface area (Å²) in [5.41, 5.74) is 0.989. The summed E-state index contributed by atoms with van der Waals surface area (Å²) in [5, 5.41) is 23.2. The summed E-state index contributed by atoms with van der Waals surface area (Å²) in [6, 6.07) is 6.69. The fourth-order valence-electron chi connectivity index (χ4n) is 1.89. The summed E-state index contributed by atoms with van der Waals surface area (Å²) in [6.07, 6.45) is 1.64. The topological polar surface area (TPSA) is 75.4 Å². The number of nitro groups is 1. The van der Waals surface area contributed by atoms with Gasteiger partial charge in [0.05, 0.1) is 11.5 Å². The number of rotatable bonds is 7. The smallest absolute Gasteiger partial charge is 0.269 e. The van der Waals surface area contributed by atoms with Crippen molar-refractivity contribution < 1.29 is 10.0 Å². The van der Waals surface area contributed by atoms with Crippen molar-refractivity contribution in [2.45, 2.75) is 38.8 Å². The highest BCUT2D eigenvalue weighted by atomic mass is 16.6. The van der Waals surface area contributed by atoms with E-state index in [0.29, 0.717) is 0 Å². The van der Waals surface area contributed by atoms with E-state index in [0.717, 1.165) is 18.4 Å². The fourth-order valence-corrected chi connectivity index (χ4v) is 1.89. The molecule has 1 unspecified atom stereocenters. The normalized spacial score (nSPS) is 14.2.